The molecule has 1 fully saturated rings. The highest BCUT2D eigenvalue weighted by Crippen LogP contribution is 2.22. The Morgan fingerprint density at radius 2 is 1.94 bits per heavy atom. The third kappa shape index (κ3) is 3.14. The average Bonchev–Trinajstić information content (AvgIpc) is 2.32. The molecule has 0 bridgehead atoms. The van der Waals surface area contributed by atoms with E-state index in [1.807, 2.05) is 6.07 Å². The maximum atomic E-state index is 5.67. The van der Waals surface area contributed by atoms with Crippen LogP contribution in [0.15, 0.2) is 18.2 Å². The van der Waals surface area contributed by atoms with Gasteiger partial charge in [-0.3, -0.25) is 0 Å². The molecular formula is C12H17NO2S. The van der Waals surface area contributed by atoms with Crippen LogP contribution in [0.1, 0.15) is 11.1 Å². The zero-order valence-electron chi connectivity index (χ0n) is 9.73. The van der Waals surface area contributed by atoms with Crippen LogP contribution in [0.4, 0.5) is 0 Å². The summed E-state index contributed by atoms with van der Waals surface area (Å²) in [5.74, 6) is 0.916. The first-order chi connectivity index (χ1) is 7.75. The van der Waals surface area contributed by atoms with Gasteiger partial charge in [-0.2, -0.15) is 0 Å². The quantitative estimate of drug-likeness (QED) is 0.597. The lowest BCUT2D eigenvalue weighted by atomic mass is 10.1. The van der Waals surface area contributed by atoms with Gasteiger partial charge >= 0.3 is 0 Å². The highest BCUT2D eigenvalue weighted by atomic mass is 32.2. The molecule has 0 amide bonds. The Morgan fingerprint density at radius 3 is 2.62 bits per heavy atom. The lowest BCUT2D eigenvalue weighted by Gasteiger charge is -2.24. The molecule has 0 aliphatic carbocycles. The van der Waals surface area contributed by atoms with Crippen molar-refractivity contribution in [3.8, 4) is 5.75 Å². The third-order valence-electron chi connectivity index (χ3n) is 2.69. The van der Waals surface area contributed by atoms with Gasteiger partial charge in [-0.1, -0.05) is 6.07 Å². The molecule has 1 aliphatic heterocycles. The summed E-state index contributed by atoms with van der Waals surface area (Å²) in [5, 5.41) is 0. The average molecular weight is 239 g/mol. The van der Waals surface area contributed by atoms with E-state index in [9.17, 15) is 0 Å². The van der Waals surface area contributed by atoms with Gasteiger partial charge in [0.15, 0.2) is 0 Å². The number of morpholine rings is 1. The highest BCUT2D eigenvalue weighted by Gasteiger charge is 2.12. The molecule has 0 aromatic heterocycles. The molecule has 0 N–H and O–H groups in total. The van der Waals surface area contributed by atoms with Crippen LogP contribution in [0, 0.1) is 13.8 Å². The van der Waals surface area contributed by atoms with Crippen molar-refractivity contribution in [3.05, 3.63) is 29.3 Å². The summed E-state index contributed by atoms with van der Waals surface area (Å²) in [6.07, 6.45) is 0. The molecule has 1 aliphatic rings. The second-order valence-corrected chi connectivity index (χ2v) is 4.78. The van der Waals surface area contributed by atoms with Gasteiger partial charge in [-0.25, -0.2) is 4.31 Å². The Morgan fingerprint density at radius 1 is 1.19 bits per heavy atom. The van der Waals surface area contributed by atoms with E-state index in [1.54, 1.807) is 0 Å². The molecule has 4 heteroatoms. The van der Waals surface area contributed by atoms with Crippen LogP contribution >= 0.6 is 12.2 Å². The lowest BCUT2D eigenvalue weighted by Crippen LogP contribution is -2.31. The third-order valence-corrected chi connectivity index (χ3v) is 3.53. The van der Waals surface area contributed by atoms with Crippen LogP contribution in [0.5, 0.6) is 5.75 Å². The molecule has 3 nitrogen and oxygen atoms in total. The van der Waals surface area contributed by atoms with Gasteiger partial charge in [0, 0.05) is 13.1 Å². The standard InChI is InChI=1S/C12H17NO2S/c1-10-3-4-12(9-11(10)2)15-16-13-5-7-14-8-6-13/h3-4,9H,5-8H2,1-2H3. The second-order valence-electron chi connectivity index (χ2n) is 3.95. The van der Waals surface area contributed by atoms with E-state index in [1.165, 1.54) is 23.4 Å². The van der Waals surface area contributed by atoms with Gasteiger partial charge in [0.2, 0.25) is 0 Å². The normalized spacial score (nSPS) is 17.4. The first-order valence-electron chi connectivity index (χ1n) is 5.50. The van der Waals surface area contributed by atoms with Crippen LogP contribution in [0.25, 0.3) is 0 Å². The first kappa shape index (κ1) is 11.8. The molecule has 0 unspecified atom stereocenters. The lowest BCUT2D eigenvalue weighted by molar-refractivity contribution is 0.0756. The maximum absolute atomic E-state index is 5.67. The summed E-state index contributed by atoms with van der Waals surface area (Å²) < 4.78 is 13.1. The molecule has 88 valence electrons. The Bertz CT molecular complexity index is 351. The topological polar surface area (TPSA) is 21.7 Å². The van der Waals surface area contributed by atoms with Gasteiger partial charge in [0.05, 0.1) is 13.2 Å². The van der Waals surface area contributed by atoms with Crippen molar-refractivity contribution < 1.29 is 8.92 Å². The van der Waals surface area contributed by atoms with E-state index in [4.69, 9.17) is 8.92 Å². The van der Waals surface area contributed by atoms with E-state index in [-0.39, 0.29) is 0 Å². The minimum Gasteiger partial charge on any atom is -0.409 e. The number of rotatable bonds is 3. The smallest absolute Gasteiger partial charge is 0.146 e. The zero-order chi connectivity index (χ0) is 11.4. The Hall–Kier alpha value is -0.710. The second kappa shape index (κ2) is 5.57. The summed E-state index contributed by atoms with van der Waals surface area (Å²) in [6, 6.07) is 6.17. The molecule has 0 saturated carbocycles. The van der Waals surface area contributed by atoms with E-state index in [0.29, 0.717) is 0 Å². The number of benzene rings is 1. The minimum atomic E-state index is 0.795. The first-order valence-corrected chi connectivity index (χ1v) is 6.20. The van der Waals surface area contributed by atoms with Crippen molar-refractivity contribution >= 4 is 12.2 Å². The largest absolute Gasteiger partial charge is 0.409 e. The van der Waals surface area contributed by atoms with E-state index >= 15 is 0 Å². The van der Waals surface area contributed by atoms with Gasteiger partial charge in [0.25, 0.3) is 0 Å². The van der Waals surface area contributed by atoms with Crippen molar-refractivity contribution in [2.45, 2.75) is 13.8 Å². The molecule has 1 saturated heterocycles. The zero-order valence-corrected chi connectivity index (χ0v) is 10.5. The molecular weight excluding hydrogens is 222 g/mol. The summed E-state index contributed by atoms with van der Waals surface area (Å²) in [4.78, 5) is 0. The predicted octanol–water partition coefficient (Wildman–Crippen LogP) is 2.58. The molecule has 1 heterocycles. The molecule has 16 heavy (non-hydrogen) atoms. The Labute approximate surface area is 101 Å². The van der Waals surface area contributed by atoms with E-state index < -0.39 is 0 Å². The van der Waals surface area contributed by atoms with Crippen LogP contribution in [0.2, 0.25) is 0 Å². The Kier molecular flexibility index (Phi) is 4.09. The molecule has 2 rings (SSSR count). The summed E-state index contributed by atoms with van der Waals surface area (Å²) in [6.45, 7) is 7.65. The van der Waals surface area contributed by atoms with Crippen LogP contribution in [0.3, 0.4) is 0 Å². The Balaban J connectivity index is 1.86. The number of hydrogen-bond donors (Lipinski definition) is 0. The van der Waals surface area contributed by atoms with Gasteiger partial charge < -0.3 is 8.92 Å². The van der Waals surface area contributed by atoms with Crippen molar-refractivity contribution in [1.29, 1.82) is 0 Å². The van der Waals surface area contributed by atoms with Gasteiger partial charge in [0.1, 0.15) is 18.0 Å². The summed E-state index contributed by atoms with van der Waals surface area (Å²) >= 11 is 1.42. The number of nitrogens with zero attached hydrogens (tertiary/aromatic N) is 1. The number of hydrogen-bond acceptors (Lipinski definition) is 4. The van der Waals surface area contributed by atoms with Gasteiger partial charge in [-0.15, -0.1) is 0 Å². The minimum absolute atomic E-state index is 0.795. The monoisotopic (exact) mass is 239 g/mol. The summed E-state index contributed by atoms with van der Waals surface area (Å²) in [5.41, 5.74) is 2.56. The molecule has 0 radical (unpaired) electrons. The van der Waals surface area contributed by atoms with Crippen LogP contribution in [-0.2, 0) is 4.74 Å². The fraction of sp³-hybridized carbons (Fsp3) is 0.500. The summed E-state index contributed by atoms with van der Waals surface area (Å²) in [7, 11) is 0. The number of aryl methyl sites for hydroxylation is 2. The van der Waals surface area contributed by atoms with Crippen molar-refractivity contribution in [3.63, 3.8) is 0 Å². The van der Waals surface area contributed by atoms with Crippen molar-refractivity contribution in [2.24, 2.45) is 0 Å². The van der Waals surface area contributed by atoms with E-state index in [0.717, 1.165) is 32.1 Å². The van der Waals surface area contributed by atoms with Crippen LogP contribution < -0.4 is 4.18 Å². The number of ether oxygens (including phenoxy) is 1. The fourth-order valence-electron chi connectivity index (χ4n) is 1.48. The molecule has 1 aromatic rings. The molecule has 0 atom stereocenters. The molecule has 1 aromatic carbocycles. The van der Waals surface area contributed by atoms with Crippen LogP contribution in [-0.4, -0.2) is 30.6 Å². The van der Waals surface area contributed by atoms with Crippen molar-refractivity contribution in [1.82, 2.24) is 4.31 Å². The van der Waals surface area contributed by atoms with Crippen molar-refractivity contribution in [2.75, 3.05) is 26.3 Å². The fourth-order valence-corrected chi connectivity index (χ4v) is 2.08. The highest BCUT2D eigenvalue weighted by molar-refractivity contribution is 7.92. The predicted molar refractivity (Wildman–Crippen MR) is 66.5 cm³/mol. The molecule has 0 spiro atoms. The van der Waals surface area contributed by atoms with Gasteiger partial charge in [-0.05, 0) is 37.1 Å². The SMILES string of the molecule is Cc1ccc(OSN2CCOCC2)cc1C. The van der Waals surface area contributed by atoms with E-state index in [2.05, 4.69) is 30.3 Å². The maximum Gasteiger partial charge on any atom is 0.146 e.